The van der Waals surface area contributed by atoms with E-state index in [9.17, 15) is 4.79 Å². The highest BCUT2D eigenvalue weighted by atomic mass is 35.5. The fraction of sp³-hybridized carbons (Fsp3) is 0.300. The smallest absolute Gasteiger partial charge is 0.351 e. The Bertz CT molecular complexity index is 573. The van der Waals surface area contributed by atoms with Gasteiger partial charge in [0.25, 0.3) is 0 Å². The summed E-state index contributed by atoms with van der Waals surface area (Å²) in [4.78, 5) is 15.7. The summed E-state index contributed by atoms with van der Waals surface area (Å²) in [6.45, 7) is 1.94. The number of carbonyl (C=O) groups is 1. The molecule has 6 nitrogen and oxygen atoms in total. The summed E-state index contributed by atoms with van der Waals surface area (Å²) in [7, 11) is 3.14. The van der Waals surface area contributed by atoms with Gasteiger partial charge in [-0.3, -0.25) is 4.68 Å². The molecular weight excluding hydrogens is 276 g/mol. The van der Waals surface area contributed by atoms with Gasteiger partial charge in [-0.15, -0.1) is 0 Å². The molecule has 0 aliphatic rings. The molecule has 0 saturated heterocycles. The van der Waals surface area contributed by atoms with E-state index in [1.165, 1.54) is 7.11 Å². The maximum Gasteiger partial charge on any atom is 0.351 e. The standard InChI is InChI=1S/C10H11ClN4O2S/c1-5-4-6(14-15(5)2)12-10-13-8(11)7(18-10)9(16)17-3/h4H,1-3H3,(H,12,13,14). The van der Waals surface area contributed by atoms with Crippen LogP contribution < -0.4 is 5.32 Å². The number of esters is 1. The molecule has 1 N–H and O–H groups in total. The van der Waals surface area contributed by atoms with Gasteiger partial charge in [0.15, 0.2) is 21.0 Å². The second-order valence-corrected chi connectivity index (χ2v) is 4.91. The first-order valence-corrected chi connectivity index (χ1v) is 6.23. The molecule has 0 fully saturated rings. The highest BCUT2D eigenvalue weighted by Gasteiger charge is 2.17. The van der Waals surface area contributed by atoms with E-state index in [2.05, 4.69) is 20.1 Å². The van der Waals surface area contributed by atoms with Crippen LogP contribution in [0.5, 0.6) is 0 Å². The number of halogens is 1. The summed E-state index contributed by atoms with van der Waals surface area (Å²) < 4.78 is 6.34. The van der Waals surface area contributed by atoms with Gasteiger partial charge in [0, 0.05) is 18.8 Å². The fourth-order valence-corrected chi connectivity index (χ4v) is 2.41. The molecule has 0 bridgehead atoms. The van der Waals surface area contributed by atoms with Crippen molar-refractivity contribution in [3.05, 3.63) is 21.8 Å². The number of nitrogens with one attached hydrogen (secondary N) is 1. The van der Waals surface area contributed by atoms with Gasteiger partial charge in [0.05, 0.1) is 7.11 Å². The Labute approximate surface area is 113 Å². The number of ether oxygens (including phenoxy) is 1. The van der Waals surface area contributed by atoms with Crippen molar-refractivity contribution in [2.45, 2.75) is 6.92 Å². The maximum absolute atomic E-state index is 11.4. The normalized spacial score (nSPS) is 10.4. The molecular formula is C10H11ClN4O2S. The number of thiazole rings is 1. The van der Waals surface area contributed by atoms with Crippen LogP contribution in [0.3, 0.4) is 0 Å². The van der Waals surface area contributed by atoms with Crippen LogP contribution in [0.2, 0.25) is 5.15 Å². The van der Waals surface area contributed by atoms with Gasteiger partial charge in [-0.05, 0) is 6.92 Å². The Morgan fingerprint density at radius 1 is 1.61 bits per heavy atom. The van der Waals surface area contributed by atoms with Crippen molar-refractivity contribution in [1.29, 1.82) is 0 Å². The minimum absolute atomic E-state index is 0.127. The average molecular weight is 287 g/mol. The molecule has 0 amide bonds. The van der Waals surface area contributed by atoms with Crippen LogP contribution in [0, 0.1) is 6.92 Å². The van der Waals surface area contributed by atoms with Gasteiger partial charge in [-0.2, -0.15) is 5.10 Å². The lowest BCUT2D eigenvalue weighted by Crippen LogP contribution is -1.98. The molecule has 2 heterocycles. The average Bonchev–Trinajstić information content (AvgIpc) is 2.82. The predicted molar refractivity (Wildman–Crippen MR) is 69.7 cm³/mol. The highest BCUT2D eigenvalue weighted by Crippen LogP contribution is 2.29. The van der Waals surface area contributed by atoms with Gasteiger partial charge in [-0.25, -0.2) is 9.78 Å². The molecule has 2 rings (SSSR count). The number of methoxy groups -OCH3 is 1. The molecule has 0 radical (unpaired) electrons. The highest BCUT2D eigenvalue weighted by molar-refractivity contribution is 7.18. The van der Waals surface area contributed by atoms with Crippen molar-refractivity contribution < 1.29 is 9.53 Å². The molecule has 0 atom stereocenters. The fourth-order valence-electron chi connectivity index (χ4n) is 1.30. The lowest BCUT2D eigenvalue weighted by Gasteiger charge is -1.95. The van der Waals surface area contributed by atoms with Crippen molar-refractivity contribution in [2.24, 2.45) is 7.05 Å². The largest absolute Gasteiger partial charge is 0.465 e. The molecule has 0 aliphatic heterocycles. The topological polar surface area (TPSA) is 69.0 Å². The van der Waals surface area contributed by atoms with E-state index >= 15 is 0 Å². The van der Waals surface area contributed by atoms with Gasteiger partial charge < -0.3 is 10.1 Å². The molecule has 0 spiro atoms. The van der Waals surface area contributed by atoms with E-state index in [0.29, 0.717) is 10.9 Å². The van der Waals surface area contributed by atoms with Crippen LogP contribution >= 0.6 is 22.9 Å². The van der Waals surface area contributed by atoms with E-state index in [0.717, 1.165) is 17.0 Å². The number of hydrogen-bond donors (Lipinski definition) is 1. The molecule has 0 unspecified atom stereocenters. The molecule has 0 saturated carbocycles. The summed E-state index contributed by atoms with van der Waals surface area (Å²) in [5.74, 6) is 0.152. The van der Waals surface area contributed by atoms with E-state index in [4.69, 9.17) is 11.6 Å². The van der Waals surface area contributed by atoms with E-state index < -0.39 is 5.97 Å². The van der Waals surface area contributed by atoms with Crippen molar-refractivity contribution in [2.75, 3.05) is 12.4 Å². The summed E-state index contributed by atoms with van der Waals surface area (Å²) in [6, 6.07) is 1.87. The molecule has 2 aromatic heterocycles. The number of aromatic nitrogens is 3. The van der Waals surface area contributed by atoms with Crippen molar-refractivity contribution in [3.63, 3.8) is 0 Å². The van der Waals surface area contributed by atoms with Gasteiger partial charge in [0.1, 0.15) is 0 Å². The molecule has 8 heteroatoms. The zero-order chi connectivity index (χ0) is 13.3. The molecule has 0 aliphatic carbocycles. The zero-order valence-corrected chi connectivity index (χ0v) is 11.6. The number of aryl methyl sites for hydroxylation is 2. The minimum Gasteiger partial charge on any atom is -0.465 e. The molecule has 96 valence electrons. The van der Waals surface area contributed by atoms with Crippen molar-refractivity contribution >= 4 is 39.9 Å². The first-order chi connectivity index (χ1) is 8.51. The Kier molecular flexibility index (Phi) is 3.53. The van der Waals surface area contributed by atoms with Crippen molar-refractivity contribution in [1.82, 2.24) is 14.8 Å². The van der Waals surface area contributed by atoms with Crippen LogP contribution in [0.25, 0.3) is 0 Å². The van der Waals surface area contributed by atoms with Gasteiger partial charge in [-0.1, -0.05) is 22.9 Å². The monoisotopic (exact) mass is 286 g/mol. The molecule has 0 aromatic carbocycles. The Balaban J connectivity index is 2.22. The number of nitrogens with zero attached hydrogens (tertiary/aromatic N) is 3. The zero-order valence-electron chi connectivity index (χ0n) is 10.0. The molecule has 2 aromatic rings. The van der Waals surface area contributed by atoms with Gasteiger partial charge >= 0.3 is 5.97 Å². The maximum atomic E-state index is 11.4. The van der Waals surface area contributed by atoms with Crippen LogP contribution in [0.1, 0.15) is 15.4 Å². The second kappa shape index (κ2) is 4.95. The quantitative estimate of drug-likeness (QED) is 0.877. The third-order valence-corrected chi connectivity index (χ3v) is 3.64. The summed E-state index contributed by atoms with van der Waals surface area (Å²) >= 11 is 6.98. The van der Waals surface area contributed by atoms with Crippen LogP contribution in [-0.4, -0.2) is 27.8 Å². The number of rotatable bonds is 3. The molecule has 18 heavy (non-hydrogen) atoms. The minimum atomic E-state index is -0.497. The summed E-state index contributed by atoms with van der Waals surface area (Å²) in [6.07, 6.45) is 0. The number of anilines is 2. The Morgan fingerprint density at radius 2 is 2.33 bits per heavy atom. The Morgan fingerprint density at radius 3 is 2.89 bits per heavy atom. The number of hydrogen-bond acceptors (Lipinski definition) is 6. The van der Waals surface area contributed by atoms with Crippen LogP contribution in [0.15, 0.2) is 6.07 Å². The SMILES string of the molecule is COC(=O)c1sc(Nc2cc(C)n(C)n2)nc1Cl. The second-order valence-electron chi connectivity index (χ2n) is 3.55. The lowest BCUT2D eigenvalue weighted by atomic mass is 10.5. The summed E-state index contributed by atoms with van der Waals surface area (Å²) in [5.41, 5.74) is 1.01. The van der Waals surface area contributed by atoms with Crippen LogP contribution in [0.4, 0.5) is 10.9 Å². The predicted octanol–water partition coefficient (Wildman–Crippen LogP) is 2.37. The Hall–Kier alpha value is -1.60. The van der Waals surface area contributed by atoms with Crippen LogP contribution in [-0.2, 0) is 11.8 Å². The third kappa shape index (κ3) is 2.46. The van der Waals surface area contributed by atoms with Gasteiger partial charge in [0.2, 0.25) is 0 Å². The van der Waals surface area contributed by atoms with E-state index in [-0.39, 0.29) is 10.0 Å². The first-order valence-electron chi connectivity index (χ1n) is 5.03. The third-order valence-electron chi connectivity index (χ3n) is 2.31. The first kappa shape index (κ1) is 12.8. The lowest BCUT2D eigenvalue weighted by molar-refractivity contribution is 0.0606. The summed E-state index contributed by atoms with van der Waals surface area (Å²) in [5, 5.41) is 7.84. The van der Waals surface area contributed by atoms with E-state index in [1.807, 2.05) is 20.0 Å². The van der Waals surface area contributed by atoms with Crippen molar-refractivity contribution in [3.8, 4) is 0 Å². The number of carbonyl (C=O) groups excluding carboxylic acids is 1. The van der Waals surface area contributed by atoms with E-state index in [1.54, 1.807) is 4.68 Å².